The topological polar surface area (TPSA) is 28.7 Å². The van der Waals surface area contributed by atoms with Gasteiger partial charge >= 0.3 is 0 Å². The van der Waals surface area contributed by atoms with Gasteiger partial charge in [0, 0.05) is 11.9 Å². The maximum Gasteiger partial charge on any atom is 0.118 e. The summed E-state index contributed by atoms with van der Waals surface area (Å²) in [5.74, 6) is 1.06. The van der Waals surface area contributed by atoms with Gasteiger partial charge in [-0.2, -0.15) is 0 Å². The average molecular weight is 236 g/mol. The van der Waals surface area contributed by atoms with Crippen molar-refractivity contribution in [2.24, 2.45) is 0 Å². The van der Waals surface area contributed by atoms with Crippen LogP contribution in [0.5, 0.6) is 0 Å². The molecule has 0 aliphatic carbocycles. The van der Waals surface area contributed by atoms with Crippen LogP contribution in [0.4, 0.5) is 0 Å². The molecule has 0 radical (unpaired) electrons. The summed E-state index contributed by atoms with van der Waals surface area (Å²) in [5, 5.41) is 0. The first-order valence-corrected chi connectivity index (χ1v) is 4.10. The Kier molecular flexibility index (Phi) is 2.10. The van der Waals surface area contributed by atoms with Gasteiger partial charge in [-0.05, 0) is 13.8 Å². The number of hydrogen-bond acceptors (Lipinski definition) is 1. The number of aryl methyl sites for hydroxylation is 1. The van der Waals surface area contributed by atoms with Gasteiger partial charge in [0.25, 0.3) is 0 Å². The molecule has 0 bridgehead atoms. The number of alkyl halides is 1. The number of aromatic nitrogens is 2. The zero-order valence-electron chi connectivity index (χ0n) is 5.48. The minimum absolute atomic E-state index is 0.483. The molecule has 0 amide bonds. The van der Waals surface area contributed by atoms with Crippen molar-refractivity contribution in [3.05, 3.63) is 17.7 Å². The van der Waals surface area contributed by atoms with Crippen molar-refractivity contribution in [2.75, 3.05) is 0 Å². The molecule has 50 valence electrons. The molecule has 0 spiro atoms. The predicted molar refractivity (Wildman–Crippen MR) is 45.8 cm³/mol. The van der Waals surface area contributed by atoms with E-state index in [9.17, 15) is 0 Å². The summed E-state index contributed by atoms with van der Waals surface area (Å²) in [7, 11) is 0. The first kappa shape index (κ1) is 7.05. The number of halogens is 1. The van der Waals surface area contributed by atoms with Gasteiger partial charge in [0.05, 0.1) is 3.92 Å². The molecule has 1 aromatic heterocycles. The van der Waals surface area contributed by atoms with Crippen molar-refractivity contribution >= 4 is 22.6 Å². The van der Waals surface area contributed by atoms with Crippen LogP contribution in [0, 0.1) is 6.92 Å². The third-order valence-electron chi connectivity index (χ3n) is 1.10. The highest BCUT2D eigenvalue weighted by molar-refractivity contribution is 14.1. The normalized spacial score (nSPS) is 13.7. The third-order valence-corrected chi connectivity index (χ3v) is 1.69. The average Bonchev–Trinajstić information content (AvgIpc) is 2.14. The van der Waals surface area contributed by atoms with E-state index in [1.54, 1.807) is 0 Å². The highest BCUT2D eigenvalue weighted by atomic mass is 127. The van der Waals surface area contributed by atoms with E-state index < -0.39 is 0 Å². The van der Waals surface area contributed by atoms with E-state index in [1.165, 1.54) is 0 Å². The Morgan fingerprint density at radius 1 is 1.78 bits per heavy atom. The van der Waals surface area contributed by atoms with Crippen LogP contribution in [0.25, 0.3) is 0 Å². The monoisotopic (exact) mass is 236 g/mol. The molecule has 1 aromatic rings. The summed E-state index contributed by atoms with van der Waals surface area (Å²) in [6.45, 7) is 4.12. The van der Waals surface area contributed by atoms with Crippen LogP contribution in [0.2, 0.25) is 0 Å². The van der Waals surface area contributed by atoms with Crippen molar-refractivity contribution in [1.82, 2.24) is 9.97 Å². The quantitative estimate of drug-likeness (QED) is 0.587. The summed E-state index contributed by atoms with van der Waals surface area (Å²) in [6, 6.07) is 0. The maximum absolute atomic E-state index is 4.15. The molecule has 0 saturated carbocycles. The summed E-state index contributed by atoms with van der Waals surface area (Å²) < 4.78 is 0.483. The number of H-pyrrole nitrogens is 1. The number of imidazole rings is 1. The van der Waals surface area contributed by atoms with E-state index in [-0.39, 0.29) is 0 Å². The Morgan fingerprint density at radius 2 is 2.44 bits per heavy atom. The molecule has 1 atom stereocenters. The second-order valence-corrected chi connectivity index (χ2v) is 3.94. The van der Waals surface area contributed by atoms with Crippen molar-refractivity contribution in [2.45, 2.75) is 17.8 Å². The Balaban J connectivity index is 2.85. The van der Waals surface area contributed by atoms with E-state index in [0.717, 1.165) is 11.5 Å². The van der Waals surface area contributed by atoms with E-state index >= 15 is 0 Å². The van der Waals surface area contributed by atoms with E-state index in [2.05, 4.69) is 39.5 Å². The van der Waals surface area contributed by atoms with Gasteiger partial charge in [0.1, 0.15) is 5.82 Å². The van der Waals surface area contributed by atoms with Crippen molar-refractivity contribution in [1.29, 1.82) is 0 Å². The van der Waals surface area contributed by atoms with Gasteiger partial charge in [0.15, 0.2) is 0 Å². The Morgan fingerprint density at radius 3 is 2.67 bits per heavy atom. The molecule has 0 aliphatic rings. The molecule has 0 aromatic carbocycles. The van der Waals surface area contributed by atoms with Gasteiger partial charge in [-0.15, -0.1) is 0 Å². The molecular formula is C6H9IN2. The van der Waals surface area contributed by atoms with Crippen LogP contribution >= 0.6 is 22.6 Å². The maximum atomic E-state index is 4.15. The Hall–Kier alpha value is -0.0600. The lowest BCUT2D eigenvalue weighted by Crippen LogP contribution is -1.85. The molecule has 9 heavy (non-hydrogen) atoms. The van der Waals surface area contributed by atoms with Crippen LogP contribution in [-0.2, 0) is 0 Å². The summed E-state index contributed by atoms with van der Waals surface area (Å²) in [4.78, 5) is 7.31. The first-order valence-electron chi connectivity index (χ1n) is 2.85. The zero-order valence-corrected chi connectivity index (χ0v) is 7.64. The van der Waals surface area contributed by atoms with Crippen LogP contribution in [0.3, 0.4) is 0 Å². The van der Waals surface area contributed by atoms with Crippen molar-refractivity contribution in [3.8, 4) is 0 Å². The predicted octanol–water partition coefficient (Wildman–Crippen LogP) is 2.21. The van der Waals surface area contributed by atoms with E-state index in [4.69, 9.17) is 0 Å². The largest absolute Gasteiger partial charge is 0.345 e. The second-order valence-electron chi connectivity index (χ2n) is 2.07. The minimum Gasteiger partial charge on any atom is -0.345 e. The second kappa shape index (κ2) is 2.68. The van der Waals surface area contributed by atoms with E-state index in [1.807, 2.05) is 13.1 Å². The molecule has 1 heterocycles. The lowest BCUT2D eigenvalue weighted by molar-refractivity contribution is 0.987. The smallest absolute Gasteiger partial charge is 0.118 e. The summed E-state index contributed by atoms with van der Waals surface area (Å²) >= 11 is 2.33. The Bertz CT molecular complexity index is 193. The fourth-order valence-corrected chi connectivity index (χ4v) is 0.952. The number of hydrogen-bond donors (Lipinski definition) is 1. The van der Waals surface area contributed by atoms with Crippen LogP contribution in [0.15, 0.2) is 6.20 Å². The lowest BCUT2D eigenvalue weighted by Gasteiger charge is -1.94. The third kappa shape index (κ3) is 1.67. The number of nitrogens with one attached hydrogen (secondary N) is 1. The van der Waals surface area contributed by atoms with Gasteiger partial charge < -0.3 is 4.98 Å². The van der Waals surface area contributed by atoms with Crippen molar-refractivity contribution < 1.29 is 0 Å². The lowest BCUT2D eigenvalue weighted by atomic mass is 10.5. The molecule has 3 heteroatoms. The van der Waals surface area contributed by atoms with Crippen molar-refractivity contribution in [3.63, 3.8) is 0 Å². The standard InChI is InChI=1S/C6H9IN2/c1-4-3-8-6(9-4)5(2)7/h3,5H,1-2H3,(H,8,9)/t5-/m0/s1. The van der Waals surface area contributed by atoms with E-state index in [0.29, 0.717) is 3.92 Å². The van der Waals surface area contributed by atoms with Crippen LogP contribution in [-0.4, -0.2) is 9.97 Å². The molecule has 1 N–H and O–H groups in total. The number of nitrogens with zero attached hydrogens (tertiary/aromatic N) is 1. The SMILES string of the molecule is Cc1cnc([C@H](C)I)[nH]1. The van der Waals surface area contributed by atoms with Crippen LogP contribution < -0.4 is 0 Å². The molecule has 2 nitrogen and oxygen atoms in total. The molecule has 0 aliphatic heterocycles. The number of rotatable bonds is 1. The molecular weight excluding hydrogens is 227 g/mol. The molecule has 0 unspecified atom stereocenters. The Labute approximate surface area is 68.2 Å². The molecule has 0 saturated heterocycles. The minimum atomic E-state index is 0.483. The summed E-state index contributed by atoms with van der Waals surface area (Å²) in [5.41, 5.74) is 1.13. The highest BCUT2D eigenvalue weighted by Crippen LogP contribution is 2.17. The number of aromatic amines is 1. The highest BCUT2D eigenvalue weighted by Gasteiger charge is 2.01. The molecule has 1 rings (SSSR count). The fraction of sp³-hybridized carbons (Fsp3) is 0.500. The summed E-state index contributed by atoms with van der Waals surface area (Å²) in [6.07, 6.45) is 1.85. The van der Waals surface area contributed by atoms with Gasteiger partial charge in [-0.3, -0.25) is 0 Å². The van der Waals surface area contributed by atoms with Gasteiger partial charge in [0.2, 0.25) is 0 Å². The van der Waals surface area contributed by atoms with Crippen LogP contribution in [0.1, 0.15) is 22.4 Å². The zero-order chi connectivity index (χ0) is 6.85. The van der Waals surface area contributed by atoms with Gasteiger partial charge in [-0.1, -0.05) is 22.6 Å². The van der Waals surface area contributed by atoms with Gasteiger partial charge in [-0.25, -0.2) is 4.98 Å². The first-order chi connectivity index (χ1) is 4.20. The fourth-order valence-electron chi connectivity index (χ4n) is 0.635. The molecule has 0 fully saturated rings.